The summed E-state index contributed by atoms with van der Waals surface area (Å²) in [7, 11) is 0. The molecule has 28 heavy (non-hydrogen) atoms. The van der Waals surface area contributed by atoms with E-state index in [1.54, 1.807) is 23.0 Å². The molecular weight excluding hydrogens is 360 g/mol. The van der Waals surface area contributed by atoms with Gasteiger partial charge in [0.25, 0.3) is 5.91 Å². The van der Waals surface area contributed by atoms with Crippen LogP contribution >= 0.6 is 0 Å². The molecular formula is C19H18N6O3. The van der Waals surface area contributed by atoms with Gasteiger partial charge in [0.2, 0.25) is 0 Å². The van der Waals surface area contributed by atoms with Crippen molar-refractivity contribution in [3.8, 4) is 22.8 Å². The van der Waals surface area contributed by atoms with E-state index in [0.717, 1.165) is 5.56 Å². The molecule has 0 fully saturated rings. The molecule has 0 saturated carbocycles. The third kappa shape index (κ3) is 3.35. The number of nitrogens with zero attached hydrogens (tertiary/aromatic N) is 4. The number of nitrogens with one attached hydrogen (secondary N) is 1. The second-order valence-corrected chi connectivity index (χ2v) is 6.47. The molecule has 3 heterocycles. The first-order chi connectivity index (χ1) is 13.5. The Morgan fingerprint density at radius 2 is 2.11 bits per heavy atom. The first kappa shape index (κ1) is 17.8. The molecule has 1 aliphatic heterocycles. The predicted molar refractivity (Wildman–Crippen MR) is 100 cm³/mol. The van der Waals surface area contributed by atoms with E-state index < -0.39 is 12.0 Å². The molecule has 0 radical (unpaired) electrons. The topological polar surface area (TPSA) is 136 Å². The Kier molecular flexibility index (Phi) is 4.58. The number of amides is 1. The van der Waals surface area contributed by atoms with Gasteiger partial charge in [0.05, 0.1) is 12.2 Å². The van der Waals surface area contributed by atoms with Crippen molar-refractivity contribution in [1.29, 1.82) is 0 Å². The fourth-order valence-corrected chi connectivity index (χ4v) is 3.13. The van der Waals surface area contributed by atoms with E-state index >= 15 is 0 Å². The number of aromatic nitrogens is 4. The van der Waals surface area contributed by atoms with Crippen molar-refractivity contribution in [2.45, 2.75) is 19.0 Å². The highest BCUT2D eigenvalue weighted by molar-refractivity contribution is 5.94. The summed E-state index contributed by atoms with van der Waals surface area (Å²) < 4.78 is 1.66. The van der Waals surface area contributed by atoms with Crippen molar-refractivity contribution in [2.75, 3.05) is 6.54 Å². The third-order valence-corrected chi connectivity index (χ3v) is 4.56. The number of carbonyl (C=O) groups excluding carboxylic acids is 1. The predicted octanol–water partition coefficient (Wildman–Crippen LogP) is 0.705. The van der Waals surface area contributed by atoms with Gasteiger partial charge in [-0.05, 0) is 24.1 Å². The van der Waals surface area contributed by atoms with Crippen molar-refractivity contribution >= 4 is 11.9 Å². The molecule has 0 aliphatic carbocycles. The highest BCUT2D eigenvalue weighted by Crippen LogP contribution is 2.24. The summed E-state index contributed by atoms with van der Waals surface area (Å²) in [6.07, 6.45) is 1.78. The molecule has 1 amide bonds. The molecule has 1 aliphatic rings. The van der Waals surface area contributed by atoms with Gasteiger partial charge in [-0.25, -0.2) is 9.97 Å². The Balaban J connectivity index is 1.71. The number of rotatable bonds is 5. The van der Waals surface area contributed by atoms with Crippen molar-refractivity contribution in [1.82, 2.24) is 25.1 Å². The van der Waals surface area contributed by atoms with E-state index in [2.05, 4.69) is 20.4 Å². The van der Waals surface area contributed by atoms with E-state index in [9.17, 15) is 9.59 Å². The lowest BCUT2D eigenvalue weighted by Gasteiger charge is -2.13. The Morgan fingerprint density at radius 3 is 2.89 bits per heavy atom. The molecule has 142 valence electrons. The summed E-state index contributed by atoms with van der Waals surface area (Å²) in [4.78, 5) is 32.0. The molecule has 0 bridgehead atoms. The molecule has 4 N–H and O–H groups in total. The Hall–Kier alpha value is -3.59. The second-order valence-electron chi connectivity index (χ2n) is 6.47. The van der Waals surface area contributed by atoms with Crippen LogP contribution in [0, 0.1) is 0 Å². The minimum Gasteiger partial charge on any atom is -0.480 e. The number of hydrogen-bond donors (Lipinski definition) is 3. The van der Waals surface area contributed by atoms with Crippen molar-refractivity contribution in [2.24, 2.45) is 5.73 Å². The van der Waals surface area contributed by atoms with Crippen LogP contribution in [0.4, 0.5) is 0 Å². The lowest BCUT2D eigenvalue weighted by molar-refractivity contribution is -0.138. The number of benzene rings is 1. The number of aliphatic carboxylic acids is 1. The molecule has 9 heteroatoms. The van der Waals surface area contributed by atoms with E-state index in [-0.39, 0.29) is 12.3 Å². The number of carboxylic acids is 1. The number of carbonyl (C=O) groups is 2. The van der Waals surface area contributed by atoms with Crippen LogP contribution < -0.4 is 11.1 Å². The Morgan fingerprint density at radius 1 is 1.29 bits per heavy atom. The fourth-order valence-electron chi connectivity index (χ4n) is 3.13. The maximum absolute atomic E-state index is 12.0. The van der Waals surface area contributed by atoms with Gasteiger partial charge in [-0.15, -0.1) is 0 Å². The lowest BCUT2D eigenvalue weighted by Crippen LogP contribution is -2.35. The standard InChI is InChI=1S/C19H18N6O3/c20-13(19(27)28)9-11-3-1-2-4-12(11)17-21-6-5-14(23-17)15-10-16-18(26)22-7-8-25(16)24-15/h1-6,10,13H,7-9,20H2,(H,22,26)(H,27,28)/t13-/m0/s1. The van der Waals surface area contributed by atoms with E-state index in [1.807, 2.05) is 24.3 Å². The van der Waals surface area contributed by atoms with Crippen LogP contribution in [-0.4, -0.2) is 49.3 Å². The van der Waals surface area contributed by atoms with Crippen LogP contribution in [0.2, 0.25) is 0 Å². The fraction of sp³-hybridized carbons (Fsp3) is 0.211. The third-order valence-electron chi connectivity index (χ3n) is 4.56. The highest BCUT2D eigenvalue weighted by Gasteiger charge is 2.21. The number of fused-ring (bicyclic) bond motifs is 1. The van der Waals surface area contributed by atoms with Gasteiger partial charge in [-0.2, -0.15) is 5.10 Å². The highest BCUT2D eigenvalue weighted by atomic mass is 16.4. The molecule has 2 aromatic heterocycles. The molecule has 1 aromatic carbocycles. The minimum atomic E-state index is -1.06. The van der Waals surface area contributed by atoms with E-state index in [1.165, 1.54) is 0 Å². The van der Waals surface area contributed by atoms with Crippen molar-refractivity contribution < 1.29 is 14.7 Å². The quantitative estimate of drug-likeness (QED) is 0.594. The van der Waals surface area contributed by atoms with Gasteiger partial charge in [-0.1, -0.05) is 24.3 Å². The van der Waals surface area contributed by atoms with Gasteiger partial charge in [0.15, 0.2) is 5.82 Å². The average Bonchev–Trinajstić information content (AvgIpc) is 3.14. The van der Waals surface area contributed by atoms with Gasteiger partial charge < -0.3 is 16.2 Å². The first-order valence-corrected chi connectivity index (χ1v) is 8.79. The van der Waals surface area contributed by atoms with Gasteiger partial charge >= 0.3 is 5.97 Å². The monoisotopic (exact) mass is 378 g/mol. The summed E-state index contributed by atoms with van der Waals surface area (Å²) in [5.74, 6) is -0.778. The average molecular weight is 378 g/mol. The van der Waals surface area contributed by atoms with Crippen LogP contribution in [0.3, 0.4) is 0 Å². The van der Waals surface area contributed by atoms with Gasteiger partial charge in [0.1, 0.15) is 17.4 Å². The number of hydrogen-bond acceptors (Lipinski definition) is 6. The van der Waals surface area contributed by atoms with Crippen LogP contribution in [-0.2, 0) is 17.8 Å². The van der Waals surface area contributed by atoms with Crippen LogP contribution in [0.15, 0.2) is 42.6 Å². The minimum absolute atomic E-state index is 0.160. The number of carboxylic acid groups (broad SMARTS) is 1. The van der Waals surface area contributed by atoms with Crippen LogP contribution in [0.5, 0.6) is 0 Å². The molecule has 0 saturated heterocycles. The zero-order valence-electron chi connectivity index (χ0n) is 14.9. The largest absolute Gasteiger partial charge is 0.480 e. The maximum atomic E-state index is 12.0. The van der Waals surface area contributed by atoms with Crippen molar-refractivity contribution in [3.05, 3.63) is 53.9 Å². The Bertz CT molecular complexity index is 1060. The molecule has 9 nitrogen and oxygen atoms in total. The lowest BCUT2D eigenvalue weighted by atomic mass is 10.00. The summed E-state index contributed by atoms with van der Waals surface area (Å²) in [6, 6.07) is 9.71. The maximum Gasteiger partial charge on any atom is 0.320 e. The summed E-state index contributed by atoms with van der Waals surface area (Å²) in [5, 5.41) is 16.4. The SMILES string of the molecule is N[C@@H](Cc1ccccc1-c1nccc(-c2cc3n(n2)CCNC3=O)n1)C(=O)O. The molecule has 0 unspecified atom stereocenters. The molecule has 3 aromatic rings. The number of nitrogens with two attached hydrogens (primary N) is 1. The van der Waals surface area contributed by atoms with Crippen LogP contribution in [0.1, 0.15) is 16.1 Å². The zero-order valence-corrected chi connectivity index (χ0v) is 14.9. The van der Waals surface area contributed by atoms with E-state index in [4.69, 9.17) is 10.8 Å². The Labute approximate surface area is 160 Å². The van der Waals surface area contributed by atoms with Crippen molar-refractivity contribution in [3.63, 3.8) is 0 Å². The normalized spacial score (nSPS) is 14.2. The molecule has 0 spiro atoms. The second kappa shape index (κ2) is 7.20. The summed E-state index contributed by atoms with van der Waals surface area (Å²) in [6.45, 7) is 1.15. The van der Waals surface area contributed by atoms with E-state index in [0.29, 0.717) is 41.6 Å². The first-order valence-electron chi connectivity index (χ1n) is 8.79. The summed E-state index contributed by atoms with van der Waals surface area (Å²) >= 11 is 0. The van der Waals surface area contributed by atoms with Gasteiger partial charge in [0, 0.05) is 18.3 Å². The smallest absolute Gasteiger partial charge is 0.320 e. The van der Waals surface area contributed by atoms with Gasteiger partial charge in [-0.3, -0.25) is 14.3 Å². The zero-order chi connectivity index (χ0) is 19.7. The van der Waals surface area contributed by atoms with Crippen LogP contribution in [0.25, 0.3) is 22.8 Å². The molecule has 1 atom stereocenters. The summed E-state index contributed by atoms with van der Waals surface area (Å²) in [5.41, 5.74) is 8.81. The molecule has 4 rings (SSSR count).